The summed E-state index contributed by atoms with van der Waals surface area (Å²) in [5, 5.41) is 6.97. The number of rotatable bonds is 7. The van der Waals surface area contributed by atoms with Crippen molar-refractivity contribution in [2.75, 3.05) is 20.1 Å². The van der Waals surface area contributed by atoms with Gasteiger partial charge in [0.25, 0.3) is 0 Å². The Bertz CT molecular complexity index is 272. The molecule has 0 aromatic heterocycles. The van der Waals surface area contributed by atoms with E-state index in [-0.39, 0.29) is 0 Å². The molecule has 0 amide bonds. The molecule has 1 aliphatic carbocycles. The predicted octanol–water partition coefficient (Wildman–Crippen LogP) is 2.60. The zero-order chi connectivity index (χ0) is 15.0. The molecule has 0 saturated heterocycles. The third kappa shape index (κ3) is 6.12. The van der Waals surface area contributed by atoms with Gasteiger partial charge in [-0.1, -0.05) is 12.8 Å². The van der Waals surface area contributed by atoms with E-state index in [0.29, 0.717) is 18.1 Å². The molecule has 0 radical (unpaired) electrons. The van der Waals surface area contributed by atoms with Gasteiger partial charge < -0.3 is 10.6 Å². The van der Waals surface area contributed by atoms with Gasteiger partial charge in [0.15, 0.2) is 5.96 Å². The van der Waals surface area contributed by atoms with Crippen LogP contribution in [0.15, 0.2) is 4.99 Å². The van der Waals surface area contributed by atoms with Crippen molar-refractivity contribution in [2.24, 2.45) is 4.99 Å². The van der Waals surface area contributed by atoms with E-state index >= 15 is 0 Å². The highest BCUT2D eigenvalue weighted by molar-refractivity contribution is 5.79. The molecule has 0 bridgehead atoms. The number of aliphatic imine (C=N–C) groups is 1. The lowest BCUT2D eigenvalue weighted by Gasteiger charge is -2.30. The molecule has 4 nitrogen and oxygen atoms in total. The highest BCUT2D eigenvalue weighted by Crippen LogP contribution is 2.17. The molecule has 0 aromatic rings. The van der Waals surface area contributed by atoms with Crippen LogP contribution in [0.25, 0.3) is 0 Å². The first-order valence-corrected chi connectivity index (χ1v) is 8.27. The Kier molecular flexibility index (Phi) is 7.97. The van der Waals surface area contributed by atoms with Crippen molar-refractivity contribution < 1.29 is 0 Å². The molecule has 4 heteroatoms. The molecular weight excluding hydrogens is 248 g/mol. The Labute approximate surface area is 125 Å². The molecule has 20 heavy (non-hydrogen) atoms. The summed E-state index contributed by atoms with van der Waals surface area (Å²) in [6, 6.07) is 1.86. The van der Waals surface area contributed by atoms with E-state index in [2.05, 4.69) is 48.2 Å². The SMILES string of the molecule is CN=C(NCCCN(C(C)C)C(C)C)NC1CCCC1. The van der Waals surface area contributed by atoms with Crippen LogP contribution in [0.2, 0.25) is 0 Å². The maximum absolute atomic E-state index is 4.32. The summed E-state index contributed by atoms with van der Waals surface area (Å²) in [5.41, 5.74) is 0. The van der Waals surface area contributed by atoms with Crippen molar-refractivity contribution in [2.45, 2.75) is 77.9 Å². The number of nitrogens with zero attached hydrogens (tertiary/aromatic N) is 2. The first kappa shape index (κ1) is 17.3. The van der Waals surface area contributed by atoms with Crippen molar-refractivity contribution in [1.29, 1.82) is 0 Å². The van der Waals surface area contributed by atoms with E-state index < -0.39 is 0 Å². The van der Waals surface area contributed by atoms with Crippen molar-refractivity contribution in [3.63, 3.8) is 0 Å². The summed E-state index contributed by atoms with van der Waals surface area (Å²) in [4.78, 5) is 6.86. The molecule has 0 atom stereocenters. The molecule has 1 saturated carbocycles. The van der Waals surface area contributed by atoms with Crippen molar-refractivity contribution >= 4 is 5.96 Å². The fraction of sp³-hybridized carbons (Fsp3) is 0.938. The van der Waals surface area contributed by atoms with Gasteiger partial charge in [-0.15, -0.1) is 0 Å². The van der Waals surface area contributed by atoms with Gasteiger partial charge in [-0.2, -0.15) is 0 Å². The van der Waals surface area contributed by atoms with E-state index in [1.165, 1.54) is 25.7 Å². The normalized spacial score (nSPS) is 17.5. The minimum atomic E-state index is 0.617. The summed E-state index contributed by atoms with van der Waals surface area (Å²) < 4.78 is 0. The Morgan fingerprint density at radius 2 is 1.75 bits per heavy atom. The van der Waals surface area contributed by atoms with Crippen LogP contribution in [0.1, 0.15) is 59.8 Å². The fourth-order valence-corrected chi connectivity index (χ4v) is 3.04. The summed E-state index contributed by atoms with van der Waals surface area (Å²) in [6.45, 7) is 11.2. The number of hydrogen-bond acceptors (Lipinski definition) is 2. The van der Waals surface area contributed by atoms with Crippen LogP contribution in [0, 0.1) is 0 Å². The molecule has 0 aromatic carbocycles. The molecule has 0 heterocycles. The molecule has 2 N–H and O–H groups in total. The summed E-state index contributed by atoms with van der Waals surface area (Å²) >= 11 is 0. The minimum absolute atomic E-state index is 0.617. The van der Waals surface area contributed by atoms with Crippen LogP contribution in [0.5, 0.6) is 0 Å². The summed E-state index contributed by atoms with van der Waals surface area (Å²) in [7, 11) is 1.86. The van der Waals surface area contributed by atoms with E-state index in [9.17, 15) is 0 Å². The van der Waals surface area contributed by atoms with Gasteiger partial charge in [0.05, 0.1) is 0 Å². The van der Waals surface area contributed by atoms with Gasteiger partial charge in [-0.25, -0.2) is 0 Å². The van der Waals surface area contributed by atoms with Crippen LogP contribution in [0.3, 0.4) is 0 Å². The van der Waals surface area contributed by atoms with Crippen LogP contribution in [0.4, 0.5) is 0 Å². The summed E-state index contributed by atoms with van der Waals surface area (Å²) in [6.07, 6.45) is 6.44. The molecule has 118 valence electrons. The first-order chi connectivity index (χ1) is 9.54. The van der Waals surface area contributed by atoms with E-state index in [4.69, 9.17) is 0 Å². The Morgan fingerprint density at radius 3 is 2.25 bits per heavy atom. The Morgan fingerprint density at radius 1 is 1.15 bits per heavy atom. The van der Waals surface area contributed by atoms with Gasteiger partial charge in [-0.05, 0) is 47.0 Å². The minimum Gasteiger partial charge on any atom is -0.356 e. The van der Waals surface area contributed by atoms with Gasteiger partial charge in [0.1, 0.15) is 0 Å². The van der Waals surface area contributed by atoms with E-state index in [1.54, 1.807) is 0 Å². The maximum Gasteiger partial charge on any atom is 0.191 e. The Hall–Kier alpha value is -0.770. The molecule has 0 unspecified atom stereocenters. The van der Waals surface area contributed by atoms with E-state index in [0.717, 1.165) is 25.5 Å². The van der Waals surface area contributed by atoms with Crippen LogP contribution in [-0.4, -0.2) is 49.1 Å². The highest BCUT2D eigenvalue weighted by Gasteiger charge is 2.16. The lowest BCUT2D eigenvalue weighted by molar-refractivity contribution is 0.173. The van der Waals surface area contributed by atoms with Crippen LogP contribution in [-0.2, 0) is 0 Å². The van der Waals surface area contributed by atoms with Gasteiger partial charge in [0.2, 0.25) is 0 Å². The van der Waals surface area contributed by atoms with Gasteiger partial charge in [0, 0.05) is 38.3 Å². The number of nitrogens with one attached hydrogen (secondary N) is 2. The molecule has 0 spiro atoms. The zero-order valence-corrected chi connectivity index (χ0v) is 14.1. The standard InChI is InChI=1S/C16H34N4/c1-13(2)20(14(3)4)12-8-11-18-16(17-5)19-15-9-6-7-10-15/h13-15H,6-12H2,1-5H3,(H2,17,18,19). The second-order valence-electron chi connectivity index (χ2n) is 6.40. The fourth-order valence-electron chi connectivity index (χ4n) is 3.04. The average molecular weight is 282 g/mol. The lowest BCUT2D eigenvalue weighted by atomic mass is 10.2. The van der Waals surface area contributed by atoms with Crippen molar-refractivity contribution in [3.8, 4) is 0 Å². The molecule has 1 rings (SSSR count). The zero-order valence-electron chi connectivity index (χ0n) is 14.1. The van der Waals surface area contributed by atoms with Crippen LogP contribution >= 0.6 is 0 Å². The average Bonchev–Trinajstić information content (AvgIpc) is 2.88. The van der Waals surface area contributed by atoms with Crippen molar-refractivity contribution in [1.82, 2.24) is 15.5 Å². The van der Waals surface area contributed by atoms with Gasteiger partial charge >= 0.3 is 0 Å². The second kappa shape index (κ2) is 9.22. The third-order valence-corrected chi connectivity index (χ3v) is 4.13. The number of guanidine groups is 1. The third-order valence-electron chi connectivity index (χ3n) is 4.13. The monoisotopic (exact) mass is 282 g/mol. The second-order valence-corrected chi connectivity index (χ2v) is 6.40. The Balaban J connectivity index is 2.20. The molecule has 0 aliphatic heterocycles. The topological polar surface area (TPSA) is 39.7 Å². The quantitative estimate of drug-likeness (QED) is 0.428. The lowest BCUT2D eigenvalue weighted by Crippen LogP contribution is -2.44. The first-order valence-electron chi connectivity index (χ1n) is 8.27. The van der Waals surface area contributed by atoms with Gasteiger partial charge in [-0.3, -0.25) is 9.89 Å². The number of hydrogen-bond donors (Lipinski definition) is 2. The van der Waals surface area contributed by atoms with Crippen LogP contribution < -0.4 is 10.6 Å². The predicted molar refractivity (Wildman–Crippen MR) is 88.3 cm³/mol. The smallest absolute Gasteiger partial charge is 0.191 e. The van der Waals surface area contributed by atoms with E-state index in [1.807, 2.05) is 7.05 Å². The summed E-state index contributed by atoms with van der Waals surface area (Å²) in [5.74, 6) is 0.970. The molecular formula is C16H34N4. The molecule has 1 aliphatic rings. The highest BCUT2D eigenvalue weighted by atomic mass is 15.2. The largest absolute Gasteiger partial charge is 0.356 e. The maximum atomic E-state index is 4.32. The molecule has 1 fully saturated rings. The van der Waals surface area contributed by atoms with Crippen molar-refractivity contribution in [3.05, 3.63) is 0 Å².